The number of hydrogen-bond acceptors (Lipinski definition) is 3. The zero-order chi connectivity index (χ0) is 27.9. The Balaban J connectivity index is 1.47. The molecule has 212 valence electrons. The van der Waals surface area contributed by atoms with Gasteiger partial charge in [0.2, 0.25) is 0 Å². The monoisotopic (exact) mass is 540 g/mol. The van der Waals surface area contributed by atoms with Crippen LogP contribution >= 0.6 is 0 Å². The molecule has 1 heterocycles. The predicted molar refractivity (Wildman–Crippen MR) is 153 cm³/mol. The van der Waals surface area contributed by atoms with Gasteiger partial charge in [0.15, 0.2) is 11.9 Å². The fraction of sp³-hybridized carbons (Fsp3) is 0.515. The van der Waals surface area contributed by atoms with Crippen LogP contribution in [0.25, 0.3) is 22.5 Å². The summed E-state index contributed by atoms with van der Waals surface area (Å²) >= 11 is 0. The van der Waals surface area contributed by atoms with Gasteiger partial charge in [0.05, 0.1) is 6.61 Å². The number of unbranched alkanes of at least 4 members (excludes halogenated alkanes) is 8. The smallest absolute Gasteiger partial charge is 0.364 e. The molecule has 2 aromatic carbocycles. The molecule has 1 unspecified atom stereocenters. The van der Waals surface area contributed by atoms with Crippen LogP contribution in [0.3, 0.4) is 0 Å². The Hall–Kier alpha value is -2.73. The van der Waals surface area contributed by atoms with Gasteiger partial charge in [0.25, 0.3) is 0 Å². The van der Waals surface area contributed by atoms with E-state index in [0.717, 1.165) is 23.1 Å². The molecule has 6 heteroatoms. The molecular weight excluding hydrogens is 497 g/mol. The van der Waals surface area contributed by atoms with Crippen LogP contribution < -0.4 is 0 Å². The van der Waals surface area contributed by atoms with Gasteiger partial charge in [-0.15, -0.1) is 0 Å². The van der Waals surface area contributed by atoms with Crippen LogP contribution in [0.5, 0.6) is 0 Å². The van der Waals surface area contributed by atoms with Crippen molar-refractivity contribution in [2.45, 2.75) is 110 Å². The molecule has 1 aromatic heterocycles. The number of benzene rings is 2. The Labute approximate surface area is 232 Å². The first-order valence-electron chi connectivity index (χ1n) is 14.6. The van der Waals surface area contributed by atoms with Crippen molar-refractivity contribution < 1.29 is 17.9 Å². The van der Waals surface area contributed by atoms with E-state index in [-0.39, 0.29) is 13.0 Å². The van der Waals surface area contributed by atoms with E-state index in [1.165, 1.54) is 56.9 Å². The molecule has 0 aliphatic rings. The highest BCUT2D eigenvalue weighted by Gasteiger charge is 2.39. The fourth-order valence-corrected chi connectivity index (χ4v) is 4.63. The first kappa shape index (κ1) is 30.8. The van der Waals surface area contributed by atoms with Gasteiger partial charge in [-0.2, -0.15) is 13.2 Å². The molecule has 39 heavy (non-hydrogen) atoms. The molecule has 0 amide bonds. The van der Waals surface area contributed by atoms with Gasteiger partial charge in [-0.05, 0) is 36.0 Å². The van der Waals surface area contributed by atoms with Crippen molar-refractivity contribution in [1.82, 2.24) is 9.97 Å². The van der Waals surface area contributed by atoms with E-state index >= 15 is 0 Å². The maximum absolute atomic E-state index is 13.2. The number of halogens is 3. The van der Waals surface area contributed by atoms with Gasteiger partial charge in [0, 0.05) is 23.5 Å². The van der Waals surface area contributed by atoms with Crippen LogP contribution in [0, 0.1) is 0 Å². The van der Waals surface area contributed by atoms with Gasteiger partial charge in [0.1, 0.15) is 0 Å². The Morgan fingerprint density at radius 2 is 1.18 bits per heavy atom. The first-order chi connectivity index (χ1) is 18.9. The third kappa shape index (κ3) is 10.7. The lowest BCUT2D eigenvalue weighted by molar-refractivity contribution is -0.225. The van der Waals surface area contributed by atoms with Crippen molar-refractivity contribution in [2.75, 3.05) is 0 Å². The molecule has 3 nitrogen and oxygen atoms in total. The molecule has 0 saturated carbocycles. The minimum Gasteiger partial charge on any atom is -0.364 e. The van der Waals surface area contributed by atoms with Crippen molar-refractivity contribution >= 4 is 0 Å². The lowest BCUT2D eigenvalue weighted by atomic mass is 10.0. The van der Waals surface area contributed by atoms with Crippen molar-refractivity contribution in [3.05, 3.63) is 72.1 Å². The van der Waals surface area contributed by atoms with Gasteiger partial charge in [-0.1, -0.05) is 120 Å². The molecule has 0 spiro atoms. The summed E-state index contributed by atoms with van der Waals surface area (Å²) in [7, 11) is 0. The SMILES string of the molecule is CCCCCCCCCCc1ccc(-c2cnc(-c3ccc(COC(CCCC)C(F)(F)F)cc3)nc2)cc1. The Kier molecular flexibility index (Phi) is 12.9. The first-order valence-corrected chi connectivity index (χ1v) is 14.6. The van der Waals surface area contributed by atoms with E-state index in [9.17, 15) is 13.2 Å². The minimum absolute atomic E-state index is 0.0136. The number of ether oxygens (including phenoxy) is 1. The molecule has 0 bridgehead atoms. The van der Waals surface area contributed by atoms with E-state index in [2.05, 4.69) is 41.2 Å². The summed E-state index contributed by atoms with van der Waals surface area (Å²) in [6, 6.07) is 15.8. The standard InChI is InChI=1S/C33H43F3N2O/c1-3-5-7-8-9-10-11-12-13-26-15-19-28(20-16-26)30-23-37-32(38-24-30)29-21-17-27(18-22-29)25-39-31(14-6-4-2)33(34,35)36/h15-24,31H,3-14,25H2,1-2H3. The third-order valence-corrected chi connectivity index (χ3v) is 7.11. The Bertz CT molecular complexity index is 1060. The summed E-state index contributed by atoms with van der Waals surface area (Å²) in [4.78, 5) is 9.05. The zero-order valence-corrected chi connectivity index (χ0v) is 23.5. The van der Waals surface area contributed by atoms with E-state index in [4.69, 9.17) is 4.74 Å². The number of aromatic nitrogens is 2. The quantitative estimate of drug-likeness (QED) is 0.160. The predicted octanol–water partition coefficient (Wildman–Crippen LogP) is 10.1. The summed E-state index contributed by atoms with van der Waals surface area (Å²) in [6.45, 7) is 4.04. The second-order valence-electron chi connectivity index (χ2n) is 10.4. The van der Waals surface area contributed by atoms with Gasteiger partial charge in [-0.3, -0.25) is 0 Å². The van der Waals surface area contributed by atoms with Crippen LogP contribution in [-0.2, 0) is 17.8 Å². The van der Waals surface area contributed by atoms with Gasteiger partial charge >= 0.3 is 6.18 Å². The largest absolute Gasteiger partial charge is 0.414 e. The van der Waals surface area contributed by atoms with Crippen LogP contribution in [0.2, 0.25) is 0 Å². The zero-order valence-electron chi connectivity index (χ0n) is 23.5. The van der Waals surface area contributed by atoms with E-state index in [1.54, 1.807) is 12.1 Å². The highest BCUT2D eigenvalue weighted by molar-refractivity contribution is 5.64. The molecule has 0 saturated heterocycles. The highest BCUT2D eigenvalue weighted by Crippen LogP contribution is 2.28. The molecule has 0 fully saturated rings. The van der Waals surface area contributed by atoms with Crippen LogP contribution in [0.1, 0.15) is 95.6 Å². The summed E-state index contributed by atoms with van der Waals surface area (Å²) in [5.74, 6) is 0.577. The number of aryl methyl sites for hydroxylation is 1. The molecule has 0 aliphatic carbocycles. The lowest BCUT2D eigenvalue weighted by Crippen LogP contribution is -2.31. The van der Waals surface area contributed by atoms with E-state index in [1.807, 2.05) is 31.5 Å². The molecule has 0 N–H and O–H groups in total. The van der Waals surface area contributed by atoms with Crippen LogP contribution in [0.15, 0.2) is 60.9 Å². The van der Waals surface area contributed by atoms with Gasteiger partial charge < -0.3 is 4.74 Å². The van der Waals surface area contributed by atoms with E-state index in [0.29, 0.717) is 24.2 Å². The summed E-state index contributed by atoms with van der Waals surface area (Å²) in [5, 5.41) is 0. The Morgan fingerprint density at radius 3 is 1.77 bits per heavy atom. The van der Waals surface area contributed by atoms with Crippen LogP contribution in [-0.4, -0.2) is 22.2 Å². The minimum atomic E-state index is -4.35. The molecule has 1 atom stereocenters. The second-order valence-corrected chi connectivity index (χ2v) is 10.4. The molecule has 0 aliphatic heterocycles. The number of rotatable bonds is 17. The maximum atomic E-state index is 13.2. The summed E-state index contributed by atoms with van der Waals surface area (Å²) in [5.41, 5.74) is 4.89. The van der Waals surface area contributed by atoms with Crippen molar-refractivity contribution in [3.63, 3.8) is 0 Å². The topological polar surface area (TPSA) is 35.0 Å². The molecule has 3 rings (SSSR count). The van der Waals surface area contributed by atoms with Gasteiger partial charge in [-0.25, -0.2) is 9.97 Å². The second kappa shape index (κ2) is 16.4. The van der Waals surface area contributed by atoms with Crippen molar-refractivity contribution in [1.29, 1.82) is 0 Å². The number of alkyl halides is 3. The fourth-order valence-electron chi connectivity index (χ4n) is 4.63. The molecular formula is C33H43F3N2O. The number of nitrogens with zero attached hydrogens (tertiary/aromatic N) is 2. The van der Waals surface area contributed by atoms with Crippen LogP contribution in [0.4, 0.5) is 13.2 Å². The summed E-state index contributed by atoms with van der Waals surface area (Å²) < 4.78 is 44.7. The maximum Gasteiger partial charge on any atom is 0.414 e. The van der Waals surface area contributed by atoms with Crippen molar-refractivity contribution in [2.24, 2.45) is 0 Å². The average molecular weight is 541 g/mol. The third-order valence-electron chi connectivity index (χ3n) is 7.11. The summed E-state index contributed by atoms with van der Waals surface area (Å²) in [6.07, 6.45) is 10.5. The van der Waals surface area contributed by atoms with Crippen molar-refractivity contribution in [3.8, 4) is 22.5 Å². The van der Waals surface area contributed by atoms with E-state index < -0.39 is 12.3 Å². The molecule has 0 radical (unpaired) electrons. The normalized spacial score (nSPS) is 12.5. The lowest BCUT2D eigenvalue weighted by Gasteiger charge is -2.20. The Morgan fingerprint density at radius 1 is 0.641 bits per heavy atom. The molecule has 3 aromatic rings. The highest BCUT2D eigenvalue weighted by atomic mass is 19.4. The average Bonchev–Trinajstić information content (AvgIpc) is 2.94. The number of hydrogen-bond donors (Lipinski definition) is 0.